The standard InChI is InChI=1S/C18H18N4OS/c1-10-12(7-8-24-10)14-13(9-19)17(20)23-18-15(14)16(21-22-18)11-5-3-2-4-6-11/h2-8,14-16,18,21-22H,20H2,1H3. The quantitative estimate of drug-likeness (QED) is 0.784. The van der Waals surface area contributed by atoms with Crippen LogP contribution < -0.4 is 16.6 Å². The van der Waals surface area contributed by atoms with E-state index in [0.717, 1.165) is 11.1 Å². The molecule has 1 aromatic heterocycles. The maximum atomic E-state index is 9.69. The Balaban J connectivity index is 1.84. The summed E-state index contributed by atoms with van der Waals surface area (Å²) in [4.78, 5) is 1.21. The van der Waals surface area contributed by atoms with Gasteiger partial charge in [-0.1, -0.05) is 30.3 Å². The molecule has 0 saturated carbocycles. The number of ether oxygens (including phenoxy) is 1. The number of hydrazine groups is 1. The second-order valence-corrected chi connectivity index (χ2v) is 7.21. The third kappa shape index (κ3) is 2.29. The molecule has 5 nitrogen and oxygen atoms in total. The zero-order chi connectivity index (χ0) is 16.7. The minimum absolute atomic E-state index is 0.0388. The van der Waals surface area contributed by atoms with Gasteiger partial charge in [0.05, 0.1) is 11.6 Å². The Morgan fingerprint density at radius 3 is 2.67 bits per heavy atom. The molecular weight excluding hydrogens is 320 g/mol. The lowest BCUT2D eigenvalue weighted by Crippen LogP contribution is -2.41. The third-order valence-corrected chi connectivity index (χ3v) is 5.71. The maximum Gasteiger partial charge on any atom is 0.200 e. The number of allylic oxidation sites excluding steroid dienone is 1. The first kappa shape index (κ1) is 15.2. The van der Waals surface area contributed by atoms with Gasteiger partial charge in [0.1, 0.15) is 6.07 Å². The molecule has 3 heterocycles. The third-order valence-electron chi connectivity index (χ3n) is 4.84. The number of aryl methyl sites for hydroxylation is 1. The fourth-order valence-corrected chi connectivity index (χ4v) is 4.48. The Labute approximate surface area is 144 Å². The molecular formula is C18H18N4OS. The van der Waals surface area contributed by atoms with Crippen molar-refractivity contribution >= 4 is 11.3 Å². The fraction of sp³-hybridized carbons (Fsp3) is 0.278. The van der Waals surface area contributed by atoms with Crippen molar-refractivity contribution in [3.05, 3.63) is 69.2 Å². The van der Waals surface area contributed by atoms with Crippen molar-refractivity contribution in [2.45, 2.75) is 25.1 Å². The Kier molecular flexibility index (Phi) is 3.77. The smallest absolute Gasteiger partial charge is 0.200 e. The van der Waals surface area contributed by atoms with Gasteiger partial charge in [0.15, 0.2) is 6.23 Å². The van der Waals surface area contributed by atoms with Crippen LogP contribution in [0.4, 0.5) is 0 Å². The van der Waals surface area contributed by atoms with Crippen LogP contribution in [-0.4, -0.2) is 6.23 Å². The molecule has 2 aliphatic rings. The number of hydrogen-bond acceptors (Lipinski definition) is 6. The van der Waals surface area contributed by atoms with Gasteiger partial charge < -0.3 is 10.5 Å². The Morgan fingerprint density at radius 1 is 1.21 bits per heavy atom. The second-order valence-electron chi connectivity index (χ2n) is 6.09. The molecule has 0 aliphatic carbocycles. The van der Waals surface area contributed by atoms with Crippen LogP contribution in [0.25, 0.3) is 0 Å². The highest BCUT2D eigenvalue weighted by molar-refractivity contribution is 7.10. The Hall–Kier alpha value is -2.33. The first-order chi connectivity index (χ1) is 11.7. The number of rotatable bonds is 2. The van der Waals surface area contributed by atoms with Gasteiger partial charge in [0.25, 0.3) is 0 Å². The monoisotopic (exact) mass is 338 g/mol. The van der Waals surface area contributed by atoms with Crippen molar-refractivity contribution < 1.29 is 4.74 Å². The van der Waals surface area contributed by atoms with Gasteiger partial charge >= 0.3 is 0 Å². The van der Waals surface area contributed by atoms with Crippen LogP contribution in [0, 0.1) is 24.2 Å². The molecule has 0 radical (unpaired) electrons. The average molecular weight is 338 g/mol. The van der Waals surface area contributed by atoms with Crippen molar-refractivity contribution in [2.75, 3.05) is 0 Å². The molecule has 2 aromatic rings. The molecule has 4 unspecified atom stereocenters. The first-order valence-electron chi connectivity index (χ1n) is 7.87. The van der Waals surface area contributed by atoms with E-state index in [-0.39, 0.29) is 30.0 Å². The van der Waals surface area contributed by atoms with E-state index in [1.54, 1.807) is 11.3 Å². The second kappa shape index (κ2) is 5.95. The number of benzene rings is 1. The normalized spacial score (nSPS) is 29.0. The summed E-state index contributed by atoms with van der Waals surface area (Å²) in [5.74, 6) is 0.174. The van der Waals surface area contributed by atoms with Gasteiger partial charge in [-0.05, 0) is 29.5 Å². The SMILES string of the molecule is Cc1sccc1C1C(C#N)=C(N)OC2NNC(c3ccccc3)C21. The topological polar surface area (TPSA) is 83.1 Å². The van der Waals surface area contributed by atoms with Crippen molar-refractivity contribution in [3.63, 3.8) is 0 Å². The van der Waals surface area contributed by atoms with E-state index in [1.807, 2.05) is 18.2 Å². The lowest BCUT2D eigenvalue weighted by Gasteiger charge is -2.35. The first-order valence-corrected chi connectivity index (χ1v) is 8.75. The van der Waals surface area contributed by atoms with Crippen LogP contribution in [0.1, 0.15) is 28.0 Å². The van der Waals surface area contributed by atoms with Crippen LogP contribution in [0.3, 0.4) is 0 Å². The molecule has 1 fully saturated rings. The minimum atomic E-state index is -0.267. The molecule has 1 aromatic carbocycles. The molecule has 0 bridgehead atoms. The minimum Gasteiger partial charge on any atom is -0.458 e. The Morgan fingerprint density at radius 2 is 2.00 bits per heavy atom. The summed E-state index contributed by atoms with van der Waals surface area (Å²) in [7, 11) is 0. The van der Waals surface area contributed by atoms with Crippen LogP contribution in [0.5, 0.6) is 0 Å². The van der Waals surface area contributed by atoms with E-state index in [9.17, 15) is 5.26 Å². The molecule has 2 aliphatic heterocycles. The highest BCUT2D eigenvalue weighted by atomic mass is 32.1. The van der Waals surface area contributed by atoms with Gasteiger partial charge in [-0.3, -0.25) is 0 Å². The molecule has 4 atom stereocenters. The zero-order valence-electron chi connectivity index (χ0n) is 13.2. The number of nitriles is 1. The van der Waals surface area contributed by atoms with Crippen molar-refractivity contribution in [1.82, 2.24) is 10.9 Å². The van der Waals surface area contributed by atoms with Crippen molar-refractivity contribution in [3.8, 4) is 6.07 Å². The van der Waals surface area contributed by atoms with Crippen LogP contribution >= 0.6 is 11.3 Å². The largest absolute Gasteiger partial charge is 0.458 e. The number of nitrogens with one attached hydrogen (secondary N) is 2. The van der Waals surface area contributed by atoms with E-state index in [2.05, 4.69) is 47.4 Å². The van der Waals surface area contributed by atoms with Crippen LogP contribution in [-0.2, 0) is 4.74 Å². The summed E-state index contributed by atoms with van der Waals surface area (Å²) in [6.45, 7) is 2.09. The highest BCUT2D eigenvalue weighted by Gasteiger charge is 2.49. The van der Waals surface area contributed by atoms with E-state index in [0.29, 0.717) is 5.57 Å². The highest BCUT2D eigenvalue weighted by Crippen LogP contribution is 2.48. The molecule has 1 saturated heterocycles. The lowest BCUT2D eigenvalue weighted by atomic mass is 9.74. The fourth-order valence-electron chi connectivity index (χ4n) is 3.73. The van der Waals surface area contributed by atoms with E-state index in [1.165, 1.54) is 4.88 Å². The van der Waals surface area contributed by atoms with Gasteiger partial charge in [-0.15, -0.1) is 11.3 Å². The lowest BCUT2D eigenvalue weighted by molar-refractivity contribution is 0.0340. The Bertz CT molecular complexity index is 823. The molecule has 0 spiro atoms. The average Bonchev–Trinajstić information content (AvgIpc) is 3.20. The maximum absolute atomic E-state index is 9.69. The predicted octanol–water partition coefficient (Wildman–Crippen LogP) is 2.66. The molecule has 4 N–H and O–H groups in total. The number of nitrogens with two attached hydrogens (primary N) is 1. The molecule has 6 heteroatoms. The van der Waals surface area contributed by atoms with Gasteiger partial charge in [-0.2, -0.15) is 5.26 Å². The molecule has 122 valence electrons. The zero-order valence-corrected chi connectivity index (χ0v) is 14.0. The van der Waals surface area contributed by atoms with Gasteiger partial charge in [0.2, 0.25) is 5.88 Å². The van der Waals surface area contributed by atoms with Crippen molar-refractivity contribution in [1.29, 1.82) is 5.26 Å². The number of fused-ring (bicyclic) bond motifs is 1. The van der Waals surface area contributed by atoms with Gasteiger partial charge in [0, 0.05) is 16.7 Å². The van der Waals surface area contributed by atoms with Crippen molar-refractivity contribution in [2.24, 2.45) is 11.7 Å². The summed E-state index contributed by atoms with van der Waals surface area (Å²) >= 11 is 1.69. The number of nitrogens with zero attached hydrogens (tertiary/aromatic N) is 1. The summed E-state index contributed by atoms with van der Waals surface area (Å²) in [5, 5.41) is 11.8. The molecule has 24 heavy (non-hydrogen) atoms. The van der Waals surface area contributed by atoms with E-state index < -0.39 is 0 Å². The van der Waals surface area contributed by atoms with Crippen LogP contribution in [0.2, 0.25) is 0 Å². The molecule has 0 amide bonds. The molecule has 4 rings (SSSR count). The summed E-state index contributed by atoms with van der Waals surface area (Å²) in [6, 6.07) is 14.6. The van der Waals surface area contributed by atoms with E-state index >= 15 is 0 Å². The van der Waals surface area contributed by atoms with Crippen LogP contribution in [0.15, 0.2) is 53.2 Å². The number of hydrogen-bond donors (Lipinski definition) is 3. The summed E-state index contributed by atoms with van der Waals surface area (Å²) in [6.07, 6.45) is -0.267. The summed E-state index contributed by atoms with van der Waals surface area (Å²) < 4.78 is 5.80. The van der Waals surface area contributed by atoms with Gasteiger partial charge in [-0.25, -0.2) is 10.9 Å². The predicted molar refractivity (Wildman–Crippen MR) is 92.4 cm³/mol. The van der Waals surface area contributed by atoms with E-state index in [4.69, 9.17) is 10.5 Å². The number of thiophene rings is 1. The summed E-state index contributed by atoms with van der Waals surface area (Å²) in [5.41, 5.74) is 15.4.